The SMILES string of the molecule is CCOC(=O)c1cnc(Nc2ccc(F)cc2)nc1Nc1cn(C)c2ccn(C)c(=O)c12. The molecule has 9 nitrogen and oxygen atoms in total. The van der Waals surface area contributed by atoms with Crippen LogP contribution < -0.4 is 16.2 Å². The molecule has 0 amide bonds. The first-order valence-electron chi connectivity index (χ1n) is 9.85. The van der Waals surface area contributed by atoms with E-state index in [4.69, 9.17) is 4.74 Å². The quantitative estimate of drug-likeness (QED) is 0.446. The summed E-state index contributed by atoms with van der Waals surface area (Å²) in [6, 6.07) is 7.52. The number of pyridine rings is 1. The summed E-state index contributed by atoms with van der Waals surface area (Å²) in [4.78, 5) is 33.8. The molecule has 0 spiro atoms. The van der Waals surface area contributed by atoms with Crippen molar-refractivity contribution in [3.8, 4) is 0 Å². The van der Waals surface area contributed by atoms with Crippen LogP contribution in [0.5, 0.6) is 0 Å². The van der Waals surface area contributed by atoms with E-state index in [-0.39, 0.29) is 35.3 Å². The van der Waals surface area contributed by atoms with Gasteiger partial charge in [-0.15, -0.1) is 0 Å². The van der Waals surface area contributed by atoms with Crippen LogP contribution in [0.25, 0.3) is 10.9 Å². The van der Waals surface area contributed by atoms with Gasteiger partial charge in [-0.3, -0.25) is 4.79 Å². The van der Waals surface area contributed by atoms with Gasteiger partial charge in [0.2, 0.25) is 5.95 Å². The van der Waals surface area contributed by atoms with Crippen molar-refractivity contribution >= 4 is 40.0 Å². The monoisotopic (exact) mass is 436 g/mol. The summed E-state index contributed by atoms with van der Waals surface area (Å²) in [6.45, 7) is 1.88. The van der Waals surface area contributed by atoms with Gasteiger partial charge < -0.3 is 24.5 Å². The maximum absolute atomic E-state index is 13.2. The van der Waals surface area contributed by atoms with Gasteiger partial charge in [-0.1, -0.05) is 0 Å². The summed E-state index contributed by atoms with van der Waals surface area (Å²) in [5, 5.41) is 6.52. The third-order valence-corrected chi connectivity index (χ3v) is 4.86. The van der Waals surface area contributed by atoms with Crippen molar-refractivity contribution in [2.45, 2.75) is 6.92 Å². The molecule has 0 aliphatic carbocycles. The summed E-state index contributed by atoms with van der Waals surface area (Å²) in [5.41, 5.74) is 1.70. The summed E-state index contributed by atoms with van der Waals surface area (Å²) in [6.07, 6.45) is 4.77. The standard InChI is InChI=1S/C22H21FN6O3/c1-4-32-21(31)15-11-24-22(25-14-7-5-13(23)6-8-14)27-19(15)26-16-12-29(3)17-9-10-28(2)20(30)18(16)17/h5-12H,4H2,1-3H3,(H2,24,25,26,27). The number of aromatic nitrogens is 4. The average Bonchev–Trinajstić information content (AvgIpc) is 3.08. The minimum atomic E-state index is -0.600. The molecule has 0 saturated heterocycles. The second-order valence-electron chi connectivity index (χ2n) is 7.08. The Morgan fingerprint density at radius 1 is 1.12 bits per heavy atom. The van der Waals surface area contributed by atoms with Crippen molar-refractivity contribution in [3.05, 3.63) is 70.7 Å². The van der Waals surface area contributed by atoms with Crippen molar-refractivity contribution in [1.82, 2.24) is 19.1 Å². The molecule has 0 unspecified atom stereocenters. The van der Waals surface area contributed by atoms with Crippen LogP contribution in [0.15, 0.2) is 53.7 Å². The smallest absolute Gasteiger partial charge is 0.343 e. The summed E-state index contributed by atoms with van der Waals surface area (Å²) < 4.78 is 21.6. The fraction of sp³-hybridized carbons (Fsp3) is 0.182. The minimum Gasteiger partial charge on any atom is -0.462 e. The van der Waals surface area contributed by atoms with Gasteiger partial charge in [0.1, 0.15) is 11.4 Å². The molecule has 164 valence electrons. The lowest BCUT2D eigenvalue weighted by Gasteiger charge is -2.12. The van der Waals surface area contributed by atoms with E-state index < -0.39 is 5.97 Å². The number of nitrogens with zero attached hydrogens (tertiary/aromatic N) is 4. The number of hydrogen-bond acceptors (Lipinski definition) is 7. The van der Waals surface area contributed by atoms with E-state index in [0.29, 0.717) is 16.8 Å². The predicted octanol–water partition coefficient (Wildman–Crippen LogP) is 3.47. The Labute approximate surface area is 182 Å². The largest absolute Gasteiger partial charge is 0.462 e. The van der Waals surface area contributed by atoms with Crippen molar-refractivity contribution in [2.75, 3.05) is 17.2 Å². The molecule has 1 aromatic carbocycles. The van der Waals surface area contributed by atoms with Crippen LogP contribution >= 0.6 is 0 Å². The minimum absolute atomic E-state index is 0.112. The van der Waals surface area contributed by atoms with Gasteiger partial charge in [-0.25, -0.2) is 14.2 Å². The van der Waals surface area contributed by atoms with E-state index >= 15 is 0 Å². The fourth-order valence-electron chi connectivity index (χ4n) is 3.27. The van der Waals surface area contributed by atoms with E-state index in [2.05, 4.69) is 20.6 Å². The molecule has 0 aliphatic rings. The van der Waals surface area contributed by atoms with Crippen molar-refractivity contribution < 1.29 is 13.9 Å². The summed E-state index contributed by atoms with van der Waals surface area (Å²) in [7, 11) is 3.48. The van der Waals surface area contributed by atoms with Crippen LogP contribution in [-0.2, 0) is 18.8 Å². The van der Waals surface area contributed by atoms with Crippen molar-refractivity contribution in [3.63, 3.8) is 0 Å². The number of carbonyl (C=O) groups excluding carboxylic acids is 1. The first-order chi connectivity index (χ1) is 15.4. The van der Waals surface area contributed by atoms with Gasteiger partial charge in [0.15, 0.2) is 5.82 Å². The van der Waals surface area contributed by atoms with E-state index in [1.807, 2.05) is 17.7 Å². The Balaban J connectivity index is 1.78. The number of halogens is 1. The van der Waals surface area contributed by atoms with Gasteiger partial charge in [0, 0.05) is 38.4 Å². The highest BCUT2D eigenvalue weighted by molar-refractivity contribution is 5.99. The molecule has 32 heavy (non-hydrogen) atoms. The van der Waals surface area contributed by atoms with Crippen LogP contribution in [0.1, 0.15) is 17.3 Å². The molecule has 3 heterocycles. The van der Waals surface area contributed by atoms with Gasteiger partial charge in [-0.2, -0.15) is 4.98 Å². The lowest BCUT2D eigenvalue weighted by atomic mass is 10.2. The lowest BCUT2D eigenvalue weighted by Crippen LogP contribution is -2.16. The second-order valence-corrected chi connectivity index (χ2v) is 7.08. The molecule has 0 saturated carbocycles. The summed E-state index contributed by atoms with van der Waals surface area (Å²) >= 11 is 0. The molecule has 0 aliphatic heterocycles. The number of rotatable bonds is 6. The van der Waals surface area contributed by atoms with E-state index in [1.165, 1.54) is 22.9 Å². The van der Waals surface area contributed by atoms with Gasteiger partial charge >= 0.3 is 5.97 Å². The molecular formula is C22H21FN6O3. The number of aryl methyl sites for hydroxylation is 2. The van der Waals surface area contributed by atoms with Gasteiger partial charge in [0.25, 0.3) is 5.56 Å². The highest BCUT2D eigenvalue weighted by atomic mass is 19.1. The molecule has 0 radical (unpaired) electrons. The third-order valence-electron chi connectivity index (χ3n) is 4.86. The van der Waals surface area contributed by atoms with E-state index in [1.54, 1.807) is 38.5 Å². The number of anilines is 4. The van der Waals surface area contributed by atoms with Crippen LogP contribution in [0.4, 0.5) is 27.5 Å². The second kappa shape index (κ2) is 8.50. The van der Waals surface area contributed by atoms with Crippen LogP contribution in [-0.4, -0.2) is 31.7 Å². The van der Waals surface area contributed by atoms with Crippen molar-refractivity contribution in [1.29, 1.82) is 0 Å². The lowest BCUT2D eigenvalue weighted by molar-refractivity contribution is 0.0526. The zero-order chi connectivity index (χ0) is 22.8. The predicted molar refractivity (Wildman–Crippen MR) is 119 cm³/mol. The Bertz CT molecular complexity index is 1360. The average molecular weight is 436 g/mol. The highest BCUT2D eigenvalue weighted by Crippen LogP contribution is 2.27. The maximum atomic E-state index is 13.2. The number of carbonyl (C=O) groups is 1. The highest BCUT2D eigenvalue weighted by Gasteiger charge is 2.19. The number of hydrogen-bond donors (Lipinski definition) is 2. The molecule has 0 bridgehead atoms. The van der Waals surface area contributed by atoms with Crippen LogP contribution in [0, 0.1) is 5.82 Å². The third kappa shape index (κ3) is 4.02. The van der Waals surface area contributed by atoms with Crippen LogP contribution in [0.3, 0.4) is 0 Å². The molecule has 0 fully saturated rings. The molecule has 10 heteroatoms. The molecule has 0 atom stereocenters. The normalized spacial score (nSPS) is 10.9. The first kappa shape index (κ1) is 21.0. The number of nitrogens with one attached hydrogen (secondary N) is 2. The molecule has 4 aromatic rings. The fourth-order valence-corrected chi connectivity index (χ4v) is 3.27. The number of ether oxygens (including phenoxy) is 1. The van der Waals surface area contributed by atoms with E-state index in [0.717, 1.165) is 5.52 Å². The number of fused-ring (bicyclic) bond motifs is 1. The molecule has 3 aromatic heterocycles. The van der Waals surface area contributed by atoms with Gasteiger partial charge in [-0.05, 0) is 37.3 Å². The summed E-state index contributed by atoms with van der Waals surface area (Å²) in [5.74, 6) is -0.618. The van der Waals surface area contributed by atoms with Crippen molar-refractivity contribution in [2.24, 2.45) is 14.1 Å². The first-order valence-corrected chi connectivity index (χ1v) is 9.85. The Hall–Kier alpha value is -4.21. The topological polar surface area (TPSA) is 103 Å². The number of benzene rings is 1. The Kier molecular flexibility index (Phi) is 5.59. The zero-order valence-corrected chi connectivity index (χ0v) is 17.7. The Morgan fingerprint density at radius 3 is 2.59 bits per heavy atom. The zero-order valence-electron chi connectivity index (χ0n) is 17.7. The molecular weight excluding hydrogens is 415 g/mol. The molecule has 4 rings (SSSR count). The molecule has 2 N–H and O–H groups in total. The van der Waals surface area contributed by atoms with Crippen LogP contribution in [0.2, 0.25) is 0 Å². The van der Waals surface area contributed by atoms with E-state index in [9.17, 15) is 14.0 Å². The Morgan fingerprint density at radius 2 is 1.88 bits per heavy atom. The number of esters is 1. The maximum Gasteiger partial charge on any atom is 0.343 e. The van der Waals surface area contributed by atoms with Gasteiger partial charge in [0.05, 0.1) is 23.2 Å².